The maximum Gasteiger partial charge on any atom is 0.408 e. The number of amides is 1. The lowest BCUT2D eigenvalue weighted by Gasteiger charge is -2.11. The molecule has 0 spiro atoms. The zero-order valence-corrected chi connectivity index (χ0v) is 12.5. The van der Waals surface area contributed by atoms with Gasteiger partial charge in [0.15, 0.2) is 5.78 Å². The number of hydrogen-bond acceptors (Lipinski definition) is 4. The minimum atomic E-state index is -0.640. The summed E-state index contributed by atoms with van der Waals surface area (Å²) in [5, 5.41) is 2.49. The van der Waals surface area contributed by atoms with E-state index >= 15 is 0 Å². The fourth-order valence-corrected chi connectivity index (χ4v) is 1.53. The summed E-state index contributed by atoms with van der Waals surface area (Å²) in [6, 6.07) is 8.72. The highest BCUT2D eigenvalue weighted by Crippen LogP contribution is 2.00. The fourth-order valence-electron chi connectivity index (χ4n) is 1.53. The zero-order chi connectivity index (χ0) is 15.5. The van der Waals surface area contributed by atoms with Gasteiger partial charge in [0.25, 0.3) is 0 Å². The van der Waals surface area contributed by atoms with E-state index in [0.717, 1.165) is 18.4 Å². The van der Waals surface area contributed by atoms with Crippen LogP contribution in [0.4, 0.5) is 4.79 Å². The number of alkyl carbamates (subject to hydrolysis) is 1. The molecule has 0 aliphatic heterocycles. The third-order valence-corrected chi connectivity index (χ3v) is 2.83. The fraction of sp³-hybridized carbons (Fsp3) is 0.438. The van der Waals surface area contributed by atoms with E-state index in [2.05, 4.69) is 17.2 Å². The lowest BCUT2D eigenvalue weighted by Crippen LogP contribution is -2.39. The lowest BCUT2D eigenvalue weighted by molar-refractivity contribution is -0.114. The quantitative estimate of drug-likeness (QED) is 0.591. The van der Waals surface area contributed by atoms with Gasteiger partial charge in [-0.1, -0.05) is 43.7 Å². The van der Waals surface area contributed by atoms with Gasteiger partial charge in [-0.3, -0.25) is 9.79 Å². The summed E-state index contributed by atoms with van der Waals surface area (Å²) in [5.41, 5.74) is 0.896. The monoisotopic (exact) mass is 290 g/mol. The van der Waals surface area contributed by atoms with Gasteiger partial charge < -0.3 is 10.1 Å². The van der Waals surface area contributed by atoms with Crippen LogP contribution in [0.3, 0.4) is 0 Å². The van der Waals surface area contributed by atoms with Gasteiger partial charge in [0.2, 0.25) is 0 Å². The molecule has 1 aromatic rings. The largest absolute Gasteiger partial charge is 0.445 e. The van der Waals surface area contributed by atoms with Crippen LogP contribution >= 0.6 is 0 Å². The van der Waals surface area contributed by atoms with Crippen molar-refractivity contribution >= 4 is 18.1 Å². The number of ketones is 1. The summed E-state index contributed by atoms with van der Waals surface area (Å²) in [4.78, 5) is 27.3. The number of benzene rings is 1. The number of carbonyl (C=O) groups is 2. The molecule has 0 aromatic heterocycles. The first kappa shape index (κ1) is 16.9. The number of hydrogen-bond donors (Lipinski definition) is 1. The van der Waals surface area contributed by atoms with Crippen LogP contribution in [-0.4, -0.2) is 30.7 Å². The van der Waals surface area contributed by atoms with Gasteiger partial charge in [-0.2, -0.15) is 0 Å². The topological polar surface area (TPSA) is 67.8 Å². The summed E-state index contributed by atoms with van der Waals surface area (Å²) in [6.45, 7) is 4.48. The van der Waals surface area contributed by atoms with Crippen LogP contribution in [0, 0.1) is 0 Å². The average Bonchev–Trinajstić information content (AvgIpc) is 2.50. The molecule has 5 heteroatoms. The lowest BCUT2D eigenvalue weighted by atomic mass is 10.2. The van der Waals surface area contributed by atoms with E-state index in [4.69, 9.17) is 4.74 Å². The second-order valence-electron chi connectivity index (χ2n) is 4.72. The average molecular weight is 290 g/mol. The van der Waals surface area contributed by atoms with Crippen molar-refractivity contribution in [2.24, 2.45) is 4.99 Å². The minimum Gasteiger partial charge on any atom is -0.445 e. The normalized spacial score (nSPS) is 12.1. The van der Waals surface area contributed by atoms with E-state index in [1.165, 1.54) is 6.21 Å². The van der Waals surface area contributed by atoms with Crippen molar-refractivity contribution in [1.29, 1.82) is 0 Å². The predicted molar refractivity (Wildman–Crippen MR) is 82.5 cm³/mol. The first-order valence-electron chi connectivity index (χ1n) is 7.14. The Balaban J connectivity index is 2.29. The van der Waals surface area contributed by atoms with Gasteiger partial charge in [0.05, 0.1) is 12.3 Å². The maximum absolute atomic E-state index is 11.7. The summed E-state index contributed by atoms with van der Waals surface area (Å²) in [6.07, 6.45) is 2.65. The highest BCUT2D eigenvalue weighted by molar-refractivity contribution is 6.30. The van der Waals surface area contributed by atoms with Crippen molar-refractivity contribution in [2.75, 3.05) is 6.54 Å². The Morgan fingerprint density at radius 2 is 2.05 bits per heavy atom. The molecule has 0 saturated carbocycles. The van der Waals surface area contributed by atoms with Gasteiger partial charge in [-0.05, 0) is 18.9 Å². The second kappa shape index (κ2) is 9.69. The third-order valence-electron chi connectivity index (χ3n) is 2.83. The minimum absolute atomic E-state index is 0.179. The first-order valence-corrected chi connectivity index (χ1v) is 7.14. The molecule has 0 radical (unpaired) electrons. The molecule has 1 N–H and O–H groups in total. The van der Waals surface area contributed by atoms with Gasteiger partial charge in [-0.15, -0.1) is 0 Å². The molecule has 21 heavy (non-hydrogen) atoms. The van der Waals surface area contributed by atoms with Crippen molar-refractivity contribution < 1.29 is 14.3 Å². The Labute approximate surface area is 125 Å². The first-order chi connectivity index (χ1) is 10.1. The Hall–Kier alpha value is -2.17. The summed E-state index contributed by atoms with van der Waals surface area (Å²) in [5.74, 6) is -0.234. The van der Waals surface area contributed by atoms with Gasteiger partial charge >= 0.3 is 6.09 Å². The molecule has 0 unspecified atom stereocenters. The molecule has 0 aliphatic carbocycles. The van der Waals surface area contributed by atoms with Gasteiger partial charge in [0.1, 0.15) is 6.61 Å². The molecule has 0 aliphatic rings. The number of carbonyl (C=O) groups excluding carboxylic acids is 2. The Bertz CT molecular complexity index is 472. The van der Waals surface area contributed by atoms with E-state index in [-0.39, 0.29) is 12.4 Å². The molecule has 1 aromatic carbocycles. The van der Waals surface area contributed by atoms with E-state index < -0.39 is 12.1 Å². The van der Waals surface area contributed by atoms with E-state index in [1.54, 1.807) is 6.92 Å². The Morgan fingerprint density at radius 3 is 2.71 bits per heavy atom. The number of unbranched alkanes of at least 4 members (excludes halogenated alkanes) is 1. The SMILES string of the molecule is CCCCN=CC(=O)[C@H](C)NC(=O)OCc1ccccc1. The number of nitrogens with zero attached hydrogens (tertiary/aromatic N) is 1. The molecule has 0 heterocycles. The maximum atomic E-state index is 11.7. The van der Waals surface area contributed by atoms with Crippen molar-refractivity contribution in [2.45, 2.75) is 39.3 Å². The molecule has 114 valence electrons. The molecule has 1 amide bonds. The predicted octanol–water partition coefficient (Wildman–Crippen LogP) is 2.74. The summed E-state index contributed by atoms with van der Waals surface area (Å²) >= 11 is 0. The standard InChI is InChI=1S/C16H22N2O3/c1-3-4-10-17-11-15(19)13(2)18-16(20)21-12-14-8-6-5-7-9-14/h5-9,11,13H,3-4,10,12H2,1-2H3,(H,18,20)/t13-/m0/s1. The third kappa shape index (κ3) is 7.25. The van der Waals surface area contributed by atoms with Crippen LogP contribution in [0.25, 0.3) is 0 Å². The van der Waals surface area contributed by atoms with Crippen LogP contribution in [-0.2, 0) is 16.1 Å². The Morgan fingerprint density at radius 1 is 1.33 bits per heavy atom. The number of ether oxygens (including phenoxy) is 1. The van der Waals surface area contributed by atoms with Crippen LogP contribution in [0.2, 0.25) is 0 Å². The molecule has 1 rings (SSSR count). The van der Waals surface area contributed by atoms with Crippen molar-refractivity contribution in [3.8, 4) is 0 Å². The highest BCUT2D eigenvalue weighted by Gasteiger charge is 2.14. The highest BCUT2D eigenvalue weighted by atomic mass is 16.5. The van der Waals surface area contributed by atoms with Gasteiger partial charge in [-0.25, -0.2) is 4.79 Å². The Kier molecular flexibility index (Phi) is 7.79. The van der Waals surface area contributed by atoms with E-state index in [1.807, 2.05) is 30.3 Å². The molecular formula is C16H22N2O3. The summed E-state index contributed by atoms with van der Waals surface area (Å²) in [7, 11) is 0. The molecule has 1 atom stereocenters. The molecule has 0 saturated heterocycles. The molecular weight excluding hydrogens is 268 g/mol. The van der Waals surface area contributed by atoms with E-state index in [9.17, 15) is 9.59 Å². The molecule has 0 fully saturated rings. The number of aliphatic imine (C=N–C) groups is 1. The van der Waals surface area contributed by atoms with Gasteiger partial charge in [0, 0.05) is 6.54 Å². The molecule has 0 bridgehead atoms. The van der Waals surface area contributed by atoms with Crippen LogP contribution in [0.1, 0.15) is 32.3 Å². The second-order valence-corrected chi connectivity index (χ2v) is 4.72. The molecule has 5 nitrogen and oxygen atoms in total. The number of nitrogens with one attached hydrogen (secondary N) is 1. The van der Waals surface area contributed by atoms with Crippen molar-refractivity contribution in [3.63, 3.8) is 0 Å². The van der Waals surface area contributed by atoms with Crippen molar-refractivity contribution in [1.82, 2.24) is 5.32 Å². The summed E-state index contributed by atoms with van der Waals surface area (Å²) < 4.78 is 5.05. The smallest absolute Gasteiger partial charge is 0.408 e. The van der Waals surface area contributed by atoms with Crippen LogP contribution in [0.5, 0.6) is 0 Å². The zero-order valence-electron chi connectivity index (χ0n) is 12.5. The van der Waals surface area contributed by atoms with Crippen LogP contribution in [0.15, 0.2) is 35.3 Å². The van der Waals surface area contributed by atoms with E-state index in [0.29, 0.717) is 6.54 Å². The number of Topliss-reactive ketones (excluding diaryl/α,β-unsaturated/α-hetero) is 1. The van der Waals surface area contributed by atoms with Crippen molar-refractivity contribution in [3.05, 3.63) is 35.9 Å². The number of rotatable bonds is 8. The van der Waals surface area contributed by atoms with Crippen LogP contribution < -0.4 is 5.32 Å².